The van der Waals surface area contributed by atoms with Crippen LogP contribution in [0.5, 0.6) is 0 Å². The fourth-order valence-corrected chi connectivity index (χ4v) is 8.18. The van der Waals surface area contributed by atoms with Crippen LogP contribution in [0.1, 0.15) is 104 Å². The van der Waals surface area contributed by atoms with Crippen LogP contribution >= 0.6 is 0 Å². The van der Waals surface area contributed by atoms with Crippen LogP contribution in [0.2, 0.25) is 0 Å². The monoisotopic (exact) mass is 850 g/mol. The molecule has 3 N–H and O–H groups in total. The summed E-state index contributed by atoms with van der Waals surface area (Å²) in [5.41, 5.74) is 5.29. The van der Waals surface area contributed by atoms with Crippen LogP contribution in [-0.2, 0) is 63.8 Å². The van der Waals surface area contributed by atoms with E-state index in [9.17, 15) is 38.7 Å². The Kier molecular flexibility index (Phi) is 16.7. The molecule has 0 heterocycles. The zero-order chi connectivity index (χ0) is 45.3. The number of rotatable bonds is 20. The summed E-state index contributed by atoms with van der Waals surface area (Å²) in [6.07, 6.45) is 2.36. The van der Waals surface area contributed by atoms with Crippen molar-refractivity contribution in [1.82, 2.24) is 20.4 Å². The second-order valence-corrected chi connectivity index (χ2v) is 16.7. The summed E-state index contributed by atoms with van der Waals surface area (Å²) < 4.78 is 20.4. The van der Waals surface area contributed by atoms with Crippen molar-refractivity contribution in [1.29, 1.82) is 0 Å². The maximum Gasteiger partial charge on any atom is 0.407 e. The number of methoxy groups -OCH3 is 2. The number of carbonyl (C=O) groups excluding carboxylic acids is 7. The van der Waals surface area contributed by atoms with Gasteiger partial charge >= 0.3 is 18.0 Å². The molecule has 0 spiro atoms. The Balaban J connectivity index is 1.46. The van der Waals surface area contributed by atoms with Gasteiger partial charge in [0.15, 0.2) is 13.2 Å². The lowest BCUT2D eigenvalue weighted by atomic mass is 9.87. The van der Waals surface area contributed by atoms with E-state index in [0.717, 1.165) is 59.1 Å². The van der Waals surface area contributed by atoms with Gasteiger partial charge in [0.05, 0.1) is 13.2 Å². The van der Waals surface area contributed by atoms with Crippen molar-refractivity contribution in [2.75, 3.05) is 47.6 Å². The first kappa shape index (κ1) is 48.5. The van der Waals surface area contributed by atoms with Gasteiger partial charge in [-0.1, -0.05) is 52.0 Å². The average Bonchev–Trinajstić information content (AvgIpc) is 3.93. The van der Waals surface area contributed by atoms with Gasteiger partial charge in [-0.05, 0) is 105 Å². The maximum atomic E-state index is 13.7. The Hall–Kier alpha value is -5.19. The fraction of sp³-hybridized carbons (Fsp3) is 0.578. The minimum Gasteiger partial charge on any atom is -0.456 e. The normalized spacial score (nSPS) is 14.7. The van der Waals surface area contributed by atoms with E-state index in [4.69, 9.17) is 14.2 Å². The highest BCUT2D eigenvalue weighted by Crippen LogP contribution is 2.40. The van der Waals surface area contributed by atoms with Gasteiger partial charge in [0.1, 0.15) is 18.1 Å². The van der Waals surface area contributed by atoms with Crippen LogP contribution in [-0.4, -0.2) is 128 Å². The molecule has 0 aromatic heterocycles. The number of aliphatic hydroxyl groups excluding tert-OH is 1. The molecule has 3 atom stereocenters. The molecule has 0 bridgehead atoms. The first-order valence-electron chi connectivity index (χ1n) is 20.9. The molecule has 2 aliphatic rings. The van der Waals surface area contributed by atoms with E-state index >= 15 is 0 Å². The van der Waals surface area contributed by atoms with Crippen molar-refractivity contribution >= 4 is 41.4 Å². The molecule has 4 rings (SSSR count). The van der Waals surface area contributed by atoms with Gasteiger partial charge < -0.3 is 39.2 Å². The van der Waals surface area contributed by atoms with E-state index in [1.165, 1.54) is 44.9 Å². The third-order valence-electron chi connectivity index (χ3n) is 11.5. The Morgan fingerprint density at radius 1 is 0.738 bits per heavy atom. The lowest BCUT2D eigenvalue weighted by molar-refractivity contribution is -0.162. The van der Waals surface area contributed by atoms with E-state index in [0.29, 0.717) is 24.0 Å². The molecular weight excluding hydrogens is 789 g/mol. The lowest BCUT2D eigenvalue weighted by Gasteiger charge is -2.38. The lowest BCUT2D eigenvalue weighted by Crippen LogP contribution is -2.60. The van der Waals surface area contributed by atoms with Gasteiger partial charge in [-0.2, -0.15) is 0 Å². The molecule has 2 aromatic rings. The molecule has 0 saturated heterocycles. The summed E-state index contributed by atoms with van der Waals surface area (Å²) in [4.78, 5) is 94.4. The molecule has 16 nitrogen and oxygen atoms in total. The highest BCUT2D eigenvalue weighted by Gasteiger charge is 2.42. The van der Waals surface area contributed by atoms with E-state index < -0.39 is 73.6 Å². The highest BCUT2D eigenvalue weighted by molar-refractivity contribution is 6.02. The zero-order valence-electron chi connectivity index (χ0n) is 37.1. The molecule has 334 valence electrons. The molecule has 61 heavy (non-hydrogen) atoms. The summed E-state index contributed by atoms with van der Waals surface area (Å²) in [6, 6.07) is 5.56. The molecule has 0 aliphatic heterocycles. The second-order valence-electron chi connectivity index (χ2n) is 16.7. The Bertz CT molecular complexity index is 1990. The SMILES string of the molecule is CCN(C(=O)C(NC(=O)OC)C(C)C)C(C)(C)C(=O)OCC(=O)c1ccc(-c2ccc(C(=O)COC(=O)CN(C)C(=O)C(NC(O)OC)C(C)C)c3c2CCC3)c2c1CCC2. The fourth-order valence-electron chi connectivity index (χ4n) is 8.18. The summed E-state index contributed by atoms with van der Waals surface area (Å²) in [5, 5.41) is 15.0. The van der Waals surface area contributed by atoms with Crippen molar-refractivity contribution in [3.63, 3.8) is 0 Å². The van der Waals surface area contributed by atoms with Crippen molar-refractivity contribution in [3.8, 4) is 11.1 Å². The van der Waals surface area contributed by atoms with Crippen molar-refractivity contribution in [2.24, 2.45) is 11.8 Å². The van der Waals surface area contributed by atoms with Gasteiger partial charge in [-0.25, -0.2) is 9.59 Å². The number of fused-ring (bicyclic) bond motifs is 2. The molecule has 0 radical (unpaired) electrons. The minimum atomic E-state index is -1.46. The first-order chi connectivity index (χ1) is 28.8. The number of hydrogen-bond donors (Lipinski definition) is 3. The minimum absolute atomic E-state index is 0.143. The van der Waals surface area contributed by atoms with Crippen LogP contribution in [0, 0.1) is 11.8 Å². The third-order valence-corrected chi connectivity index (χ3v) is 11.5. The number of Topliss-reactive ketones (excluding diaryl/α,β-unsaturated/α-hetero) is 2. The number of nitrogens with one attached hydrogen (secondary N) is 2. The Labute approximate surface area is 358 Å². The summed E-state index contributed by atoms with van der Waals surface area (Å²) in [5.74, 6) is -3.70. The highest BCUT2D eigenvalue weighted by atomic mass is 16.6. The first-order valence-corrected chi connectivity index (χ1v) is 20.9. The smallest absolute Gasteiger partial charge is 0.407 e. The number of ketones is 2. The molecule has 16 heteroatoms. The standard InChI is InChI=1S/C45H62N4O12/c1-11-49(41(54)39(26(4)5)47-44(57)59-10)45(6,7)42(55)61-24-36(51)34-21-19-32(28-15-13-17-30(28)34)31-18-20-33(29-16-12-14-27(29)31)35(50)23-60-37(52)22-48(8)40(53)38(25(2)3)46-43(56)58-9/h18-21,25-26,38-39,43,46,56H,11-17,22-24H2,1-10H3,(H,47,57). The summed E-state index contributed by atoms with van der Waals surface area (Å²) >= 11 is 0. The van der Waals surface area contributed by atoms with E-state index in [-0.39, 0.29) is 29.9 Å². The van der Waals surface area contributed by atoms with E-state index in [2.05, 4.69) is 15.4 Å². The Morgan fingerprint density at radius 3 is 1.69 bits per heavy atom. The predicted octanol–water partition coefficient (Wildman–Crippen LogP) is 3.79. The molecular formula is C45H62N4O12. The van der Waals surface area contributed by atoms with E-state index in [1.807, 2.05) is 12.1 Å². The Morgan fingerprint density at radius 2 is 1.23 bits per heavy atom. The van der Waals surface area contributed by atoms with Crippen LogP contribution in [0.3, 0.4) is 0 Å². The number of carbonyl (C=O) groups is 7. The molecule has 0 fully saturated rings. The number of likely N-dealkylation sites (N-methyl/N-ethyl adjacent to an activating group) is 2. The number of amides is 3. The van der Waals surface area contributed by atoms with Gasteiger partial charge in [-0.15, -0.1) is 0 Å². The number of alkyl carbamates (subject to hydrolysis) is 1. The molecule has 3 unspecified atom stereocenters. The van der Waals surface area contributed by atoms with Crippen molar-refractivity contribution in [2.45, 2.75) is 111 Å². The molecule has 0 saturated carbocycles. The average molecular weight is 851 g/mol. The van der Waals surface area contributed by atoms with Gasteiger partial charge in [-0.3, -0.25) is 29.3 Å². The maximum absolute atomic E-state index is 13.7. The van der Waals surface area contributed by atoms with Crippen molar-refractivity contribution < 1.29 is 57.6 Å². The number of hydrogen-bond acceptors (Lipinski definition) is 13. The third kappa shape index (κ3) is 11.2. The largest absolute Gasteiger partial charge is 0.456 e. The van der Waals surface area contributed by atoms with Crippen LogP contribution < -0.4 is 10.6 Å². The van der Waals surface area contributed by atoms with Crippen LogP contribution in [0.25, 0.3) is 11.1 Å². The van der Waals surface area contributed by atoms with Crippen molar-refractivity contribution in [3.05, 3.63) is 57.6 Å². The van der Waals surface area contributed by atoms with Gasteiger partial charge in [0, 0.05) is 31.8 Å². The number of nitrogens with zero attached hydrogens (tertiary/aromatic N) is 2. The second kappa shape index (κ2) is 21.1. The topological polar surface area (TPSA) is 207 Å². The number of esters is 2. The van der Waals surface area contributed by atoms with Crippen LogP contribution in [0.4, 0.5) is 4.79 Å². The van der Waals surface area contributed by atoms with Crippen LogP contribution in [0.15, 0.2) is 24.3 Å². The number of benzene rings is 2. The number of aliphatic hydroxyl groups is 1. The van der Waals surface area contributed by atoms with E-state index in [1.54, 1.807) is 46.8 Å². The summed E-state index contributed by atoms with van der Waals surface area (Å²) in [7, 11) is 3.92. The molecule has 2 aromatic carbocycles. The predicted molar refractivity (Wildman–Crippen MR) is 225 cm³/mol. The van der Waals surface area contributed by atoms with Gasteiger partial charge in [0.2, 0.25) is 29.8 Å². The summed E-state index contributed by atoms with van der Waals surface area (Å²) in [6.45, 7) is 10.6. The van der Waals surface area contributed by atoms with Gasteiger partial charge in [0.25, 0.3) is 0 Å². The number of ether oxygens (including phenoxy) is 4. The molecule has 2 aliphatic carbocycles. The quantitative estimate of drug-likeness (QED) is 0.0752. The molecule has 3 amide bonds. The zero-order valence-corrected chi connectivity index (χ0v) is 37.1.